The third-order valence-corrected chi connectivity index (χ3v) is 5.55. The van der Waals surface area contributed by atoms with Crippen LogP contribution in [0.3, 0.4) is 0 Å². The molecule has 5 nitrogen and oxygen atoms in total. The molecule has 0 bridgehead atoms. The Bertz CT molecular complexity index is 1210. The summed E-state index contributed by atoms with van der Waals surface area (Å²) in [4.78, 5) is 13.6. The molecule has 2 aromatic carbocycles. The van der Waals surface area contributed by atoms with Crippen LogP contribution in [0.2, 0.25) is 5.28 Å². The van der Waals surface area contributed by atoms with Crippen molar-refractivity contribution in [2.24, 2.45) is 0 Å². The molecule has 0 saturated heterocycles. The smallest absolute Gasteiger partial charge is 0.226 e. The Kier molecular flexibility index (Phi) is 4.84. The van der Waals surface area contributed by atoms with Gasteiger partial charge < -0.3 is 10.3 Å². The number of hydrogen-bond acceptors (Lipinski definition) is 4. The maximum atomic E-state index is 14.7. The first-order valence-corrected chi connectivity index (χ1v) is 9.96. The normalized spacial score (nSPS) is 16.6. The molecule has 8 heteroatoms. The van der Waals surface area contributed by atoms with Crippen LogP contribution in [0.5, 0.6) is 0 Å². The molecular weight excluding hydrogens is 408 g/mol. The molecule has 0 spiro atoms. The SMILES string of the molecule is Fc1ccc2c(c1F)CN(Cc1ccccc1)CC2Nc1nc(Cl)nc2[nH]ccc12. The molecule has 1 aliphatic rings. The minimum atomic E-state index is -0.841. The van der Waals surface area contributed by atoms with Crippen LogP contribution in [0.15, 0.2) is 54.7 Å². The van der Waals surface area contributed by atoms with E-state index in [1.165, 1.54) is 6.07 Å². The molecule has 30 heavy (non-hydrogen) atoms. The molecule has 0 amide bonds. The zero-order valence-electron chi connectivity index (χ0n) is 15.9. The van der Waals surface area contributed by atoms with E-state index in [0.29, 0.717) is 36.7 Å². The summed E-state index contributed by atoms with van der Waals surface area (Å²) >= 11 is 6.08. The summed E-state index contributed by atoms with van der Waals surface area (Å²) in [6.07, 6.45) is 1.76. The number of nitrogens with one attached hydrogen (secondary N) is 2. The van der Waals surface area contributed by atoms with Crippen LogP contribution in [-0.2, 0) is 13.1 Å². The lowest BCUT2D eigenvalue weighted by atomic mass is 9.94. The van der Waals surface area contributed by atoms with Gasteiger partial charge in [-0.05, 0) is 34.9 Å². The van der Waals surface area contributed by atoms with Crippen molar-refractivity contribution in [1.82, 2.24) is 19.9 Å². The molecule has 1 atom stereocenters. The van der Waals surface area contributed by atoms with E-state index in [4.69, 9.17) is 11.6 Å². The molecular formula is C22H18ClF2N5. The molecule has 0 saturated carbocycles. The van der Waals surface area contributed by atoms with E-state index in [0.717, 1.165) is 16.5 Å². The van der Waals surface area contributed by atoms with Crippen LogP contribution < -0.4 is 5.32 Å². The third kappa shape index (κ3) is 3.51. The fraction of sp³-hybridized carbons (Fsp3) is 0.182. The number of fused-ring (bicyclic) bond motifs is 2. The van der Waals surface area contributed by atoms with Crippen LogP contribution >= 0.6 is 11.6 Å². The van der Waals surface area contributed by atoms with Gasteiger partial charge in [-0.3, -0.25) is 4.90 Å². The Labute approximate surface area is 176 Å². The predicted octanol–water partition coefficient (Wildman–Crippen LogP) is 5.06. The minimum absolute atomic E-state index is 0.106. The van der Waals surface area contributed by atoms with Gasteiger partial charge in [-0.2, -0.15) is 4.98 Å². The fourth-order valence-electron chi connectivity index (χ4n) is 4.01. The maximum Gasteiger partial charge on any atom is 0.226 e. The second-order valence-electron chi connectivity index (χ2n) is 7.36. The lowest BCUT2D eigenvalue weighted by Gasteiger charge is -2.35. The van der Waals surface area contributed by atoms with Crippen molar-refractivity contribution in [2.45, 2.75) is 19.1 Å². The molecule has 2 aromatic heterocycles. The molecule has 1 unspecified atom stereocenters. The number of H-pyrrole nitrogens is 1. The summed E-state index contributed by atoms with van der Waals surface area (Å²) < 4.78 is 28.7. The van der Waals surface area contributed by atoms with Crippen LogP contribution in [0, 0.1) is 11.6 Å². The highest BCUT2D eigenvalue weighted by molar-refractivity contribution is 6.28. The van der Waals surface area contributed by atoms with Gasteiger partial charge >= 0.3 is 0 Å². The average Bonchev–Trinajstić information content (AvgIpc) is 3.20. The molecule has 152 valence electrons. The van der Waals surface area contributed by atoms with Crippen molar-refractivity contribution in [2.75, 3.05) is 11.9 Å². The van der Waals surface area contributed by atoms with Crippen molar-refractivity contribution in [3.8, 4) is 0 Å². The van der Waals surface area contributed by atoms with Crippen LogP contribution in [0.25, 0.3) is 11.0 Å². The highest BCUT2D eigenvalue weighted by Crippen LogP contribution is 2.34. The number of aromatic amines is 1. The highest BCUT2D eigenvalue weighted by atomic mass is 35.5. The topological polar surface area (TPSA) is 56.8 Å². The van der Waals surface area contributed by atoms with Gasteiger partial charge in [0.15, 0.2) is 11.6 Å². The first-order valence-electron chi connectivity index (χ1n) is 9.58. The molecule has 5 rings (SSSR count). The summed E-state index contributed by atoms with van der Waals surface area (Å²) in [7, 11) is 0. The maximum absolute atomic E-state index is 14.7. The van der Waals surface area contributed by atoms with Gasteiger partial charge in [0.25, 0.3) is 0 Å². The Morgan fingerprint density at radius 2 is 1.93 bits per heavy atom. The Hall–Kier alpha value is -3.03. The molecule has 0 radical (unpaired) electrons. The Morgan fingerprint density at radius 1 is 1.10 bits per heavy atom. The fourth-order valence-corrected chi connectivity index (χ4v) is 4.18. The second-order valence-corrected chi connectivity index (χ2v) is 7.70. The van der Waals surface area contributed by atoms with E-state index in [2.05, 4.69) is 25.2 Å². The lowest BCUT2D eigenvalue weighted by Crippen LogP contribution is -2.37. The van der Waals surface area contributed by atoms with Crippen molar-refractivity contribution in [1.29, 1.82) is 0 Å². The van der Waals surface area contributed by atoms with Crippen LogP contribution in [0.1, 0.15) is 22.7 Å². The van der Waals surface area contributed by atoms with Crippen molar-refractivity contribution in [3.05, 3.63) is 88.3 Å². The van der Waals surface area contributed by atoms with Crippen molar-refractivity contribution >= 4 is 28.5 Å². The quantitative estimate of drug-likeness (QED) is 0.449. The molecule has 3 heterocycles. The summed E-state index contributed by atoms with van der Waals surface area (Å²) in [6.45, 7) is 1.55. The predicted molar refractivity (Wildman–Crippen MR) is 112 cm³/mol. The van der Waals surface area contributed by atoms with Gasteiger partial charge in [-0.15, -0.1) is 0 Å². The molecule has 0 aliphatic carbocycles. The summed E-state index contributed by atoms with van der Waals surface area (Å²) in [6, 6.07) is 14.3. The lowest BCUT2D eigenvalue weighted by molar-refractivity contribution is 0.223. The van der Waals surface area contributed by atoms with E-state index in [1.807, 2.05) is 36.4 Å². The average molecular weight is 426 g/mol. The van der Waals surface area contributed by atoms with Crippen LogP contribution in [-0.4, -0.2) is 26.4 Å². The zero-order valence-corrected chi connectivity index (χ0v) is 16.6. The summed E-state index contributed by atoms with van der Waals surface area (Å²) in [5, 5.41) is 4.27. The van der Waals surface area contributed by atoms with Gasteiger partial charge in [0.05, 0.1) is 11.4 Å². The monoisotopic (exact) mass is 425 g/mol. The van der Waals surface area contributed by atoms with Gasteiger partial charge in [-0.1, -0.05) is 36.4 Å². The Balaban J connectivity index is 1.53. The molecule has 4 aromatic rings. The molecule has 2 N–H and O–H groups in total. The number of hydrogen-bond donors (Lipinski definition) is 2. The number of anilines is 1. The summed E-state index contributed by atoms with van der Waals surface area (Å²) in [5.41, 5.74) is 2.80. The number of rotatable bonds is 4. The molecule has 0 fully saturated rings. The summed E-state index contributed by atoms with van der Waals surface area (Å²) in [5.74, 6) is -1.09. The van der Waals surface area contributed by atoms with E-state index in [-0.39, 0.29) is 11.3 Å². The number of halogens is 3. The van der Waals surface area contributed by atoms with Gasteiger partial charge in [0, 0.05) is 31.4 Å². The van der Waals surface area contributed by atoms with Crippen LogP contribution in [0.4, 0.5) is 14.6 Å². The number of benzene rings is 2. The molecule has 1 aliphatic heterocycles. The third-order valence-electron chi connectivity index (χ3n) is 5.38. The minimum Gasteiger partial charge on any atom is -0.361 e. The number of nitrogens with zero attached hydrogens (tertiary/aromatic N) is 3. The van der Waals surface area contributed by atoms with Gasteiger partial charge in [-0.25, -0.2) is 13.8 Å². The number of aromatic nitrogens is 3. The van der Waals surface area contributed by atoms with Gasteiger partial charge in [0.1, 0.15) is 11.5 Å². The van der Waals surface area contributed by atoms with E-state index >= 15 is 0 Å². The second kappa shape index (κ2) is 7.66. The van der Waals surface area contributed by atoms with Crippen molar-refractivity contribution in [3.63, 3.8) is 0 Å². The zero-order chi connectivity index (χ0) is 20.7. The van der Waals surface area contributed by atoms with E-state index in [1.54, 1.807) is 12.3 Å². The first-order chi connectivity index (χ1) is 14.6. The largest absolute Gasteiger partial charge is 0.361 e. The van der Waals surface area contributed by atoms with E-state index in [9.17, 15) is 8.78 Å². The first kappa shape index (κ1) is 19.0. The van der Waals surface area contributed by atoms with Crippen molar-refractivity contribution < 1.29 is 8.78 Å². The Morgan fingerprint density at radius 3 is 2.77 bits per heavy atom. The van der Waals surface area contributed by atoms with Gasteiger partial charge in [0.2, 0.25) is 5.28 Å². The van der Waals surface area contributed by atoms with E-state index < -0.39 is 11.6 Å². The highest BCUT2D eigenvalue weighted by Gasteiger charge is 2.29. The standard InChI is InChI=1S/C22H18ClF2N5/c23-22-28-20-15(8-9-26-20)21(29-22)27-18-12-30(10-13-4-2-1-3-5-13)11-16-14(18)6-7-17(24)19(16)25/h1-9,18H,10-12H2,(H2,26,27,28,29).